The van der Waals surface area contributed by atoms with E-state index in [0.717, 1.165) is 11.8 Å². The number of methoxy groups -OCH3 is 2. The Balaban J connectivity index is 1.50. The Labute approximate surface area is 142 Å². The normalized spacial score (nSPS) is 30.2. The highest BCUT2D eigenvalue weighted by Gasteiger charge is 2.46. The average Bonchev–Trinajstić information content (AvgIpc) is 2.59. The quantitative estimate of drug-likeness (QED) is 0.863. The molecule has 0 aromatic heterocycles. The van der Waals surface area contributed by atoms with Crippen LogP contribution in [0.1, 0.15) is 42.5 Å². The molecule has 1 aromatic carbocycles. The molecule has 0 atom stereocenters. The van der Waals surface area contributed by atoms with Crippen molar-refractivity contribution in [1.29, 1.82) is 0 Å². The molecule has 0 spiro atoms. The Morgan fingerprint density at radius 1 is 0.958 bits per heavy atom. The first kappa shape index (κ1) is 15.5. The van der Waals surface area contributed by atoms with Crippen molar-refractivity contribution in [2.45, 2.75) is 32.1 Å². The molecule has 1 aromatic rings. The molecule has 4 saturated carbocycles. The van der Waals surface area contributed by atoms with Gasteiger partial charge in [-0.3, -0.25) is 4.79 Å². The minimum absolute atomic E-state index is 0.214. The van der Waals surface area contributed by atoms with Crippen LogP contribution in [-0.2, 0) is 0 Å². The molecular weight excluding hydrogens is 304 g/mol. The summed E-state index contributed by atoms with van der Waals surface area (Å²) in [6.07, 6.45) is 6.45. The minimum atomic E-state index is -0.214. The molecule has 5 nitrogen and oxygen atoms in total. The topological polar surface area (TPSA) is 59.9 Å². The van der Waals surface area contributed by atoms with E-state index in [1.807, 2.05) is 0 Å². The third kappa shape index (κ3) is 2.76. The zero-order chi connectivity index (χ0) is 16.7. The molecule has 24 heavy (non-hydrogen) atoms. The van der Waals surface area contributed by atoms with E-state index >= 15 is 0 Å². The molecule has 4 aliphatic carbocycles. The van der Waals surface area contributed by atoms with Crippen molar-refractivity contribution in [3.05, 3.63) is 23.8 Å². The fourth-order valence-corrected chi connectivity index (χ4v) is 4.97. The summed E-state index contributed by atoms with van der Waals surface area (Å²) in [5, 5.41) is 4.55. The van der Waals surface area contributed by atoms with Gasteiger partial charge in [-0.15, -0.1) is 0 Å². The van der Waals surface area contributed by atoms with Gasteiger partial charge in [-0.2, -0.15) is 5.10 Å². The second-order valence-corrected chi connectivity index (χ2v) is 7.38. The van der Waals surface area contributed by atoms with Crippen LogP contribution in [0.15, 0.2) is 23.3 Å². The molecule has 4 fully saturated rings. The van der Waals surface area contributed by atoms with Crippen LogP contribution in [0.2, 0.25) is 0 Å². The molecule has 0 saturated heterocycles. The van der Waals surface area contributed by atoms with Gasteiger partial charge >= 0.3 is 0 Å². The zero-order valence-electron chi connectivity index (χ0n) is 14.2. The van der Waals surface area contributed by atoms with Crippen LogP contribution >= 0.6 is 0 Å². The molecule has 1 N–H and O–H groups in total. The number of carbonyl (C=O) groups excluding carboxylic acids is 1. The summed E-state index contributed by atoms with van der Waals surface area (Å²) in [6, 6.07) is 5.16. The number of rotatable bonds is 4. The second-order valence-electron chi connectivity index (χ2n) is 7.38. The number of carbonyl (C=O) groups is 1. The van der Waals surface area contributed by atoms with E-state index in [-0.39, 0.29) is 5.91 Å². The van der Waals surface area contributed by atoms with Crippen LogP contribution in [0.4, 0.5) is 0 Å². The van der Waals surface area contributed by atoms with Crippen LogP contribution in [-0.4, -0.2) is 25.8 Å². The van der Waals surface area contributed by atoms with Gasteiger partial charge in [0.25, 0.3) is 5.91 Å². The number of hydrazone groups is 1. The standard InChI is InChI=1S/C19H24N2O3/c1-23-16-8-15(9-17(10-16)24-2)19(22)21-20-18-13-4-11-3-12(6-13)7-14(18)5-11/h8-14H,3-7H2,1-2H3,(H,21,22). The minimum Gasteiger partial charge on any atom is -0.497 e. The summed E-state index contributed by atoms with van der Waals surface area (Å²) < 4.78 is 10.4. The number of nitrogens with one attached hydrogen (secondary N) is 1. The lowest BCUT2D eigenvalue weighted by atomic mass is 9.55. The summed E-state index contributed by atoms with van der Waals surface area (Å²) in [7, 11) is 3.15. The van der Waals surface area contributed by atoms with Crippen molar-refractivity contribution in [3.8, 4) is 11.5 Å². The van der Waals surface area contributed by atoms with Gasteiger partial charge in [0.15, 0.2) is 0 Å². The third-order valence-electron chi connectivity index (χ3n) is 5.87. The lowest BCUT2D eigenvalue weighted by Gasteiger charge is -2.50. The van der Waals surface area contributed by atoms with Crippen LogP contribution in [0.25, 0.3) is 0 Å². The summed E-state index contributed by atoms with van der Waals surface area (Å²) in [4.78, 5) is 12.5. The van der Waals surface area contributed by atoms with Crippen molar-refractivity contribution in [1.82, 2.24) is 5.43 Å². The molecule has 128 valence electrons. The molecule has 5 rings (SSSR count). The van der Waals surface area contributed by atoms with E-state index in [1.165, 1.54) is 37.8 Å². The van der Waals surface area contributed by atoms with Gasteiger partial charge in [-0.25, -0.2) is 5.43 Å². The molecule has 1 amide bonds. The molecule has 0 aliphatic heterocycles. The average molecular weight is 328 g/mol. The second kappa shape index (κ2) is 6.11. The predicted octanol–water partition coefficient (Wildman–Crippen LogP) is 3.25. The van der Waals surface area contributed by atoms with Crippen molar-refractivity contribution in [2.24, 2.45) is 28.8 Å². The van der Waals surface area contributed by atoms with Crippen molar-refractivity contribution < 1.29 is 14.3 Å². The first-order chi connectivity index (χ1) is 11.7. The summed E-state index contributed by atoms with van der Waals surface area (Å²) in [5.41, 5.74) is 4.49. The van der Waals surface area contributed by atoms with Gasteiger partial charge in [0.1, 0.15) is 11.5 Å². The highest BCUT2D eigenvalue weighted by molar-refractivity contribution is 5.97. The Bertz CT molecular complexity index is 631. The number of nitrogens with zero attached hydrogens (tertiary/aromatic N) is 1. The van der Waals surface area contributed by atoms with E-state index in [9.17, 15) is 4.79 Å². The SMILES string of the molecule is COc1cc(OC)cc(C(=O)NN=C2C3CC4CC(C3)CC2C4)c1. The van der Waals surface area contributed by atoms with Gasteiger partial charge in [-0.05, 0) is 67.9 Å². The monoisotopic (exact) mass is 328 g/mol. The van der Waals surface area contributed by atoms with Gasteiger partial charge < -0.3 is 9.47 Å². The summed E-state index contributed by atoms with van der Waals surface area (Å²) >= 11 is 0. The number of hydrogen-bond donors (Lipinski definition) is 1. The van der Waals surface area contributed by atoms with Crippen LogP contribution < -0.4 is 14.9 Å². The van der Waals surface area contributed by atoms with Crippen LogP contribution in [0, 0.1) is 23.7 Å². The van der Waals surface area contributed by atoms with Gasteiger partial charge in [0.2, 0.25) is 0 Å². The van der Waals surface area contributed by atoms with Gasteiger partial charge in [-0.1, -0.05) is 0 Å². The molecule has 5 heteroatoms. The lowest BCUT2D eigenvalue weighted by Crippen LogP contribution is -2.46. The number of benzene rings is 1. The molecule has 0 unspecified atom stereocenters. The largest absolute Gasteiger partial charge is 0.497 e. The van der Waals surface area contributed by atoms with Crippen molar-refractivity contribution in [3.63, 3.8) is 0 Å². The maximum absolute atomic E-state index is 12.5. The molecule has 0 radical (unpaired) electrons. The molecule has 4 aliphatic rings. The Morgan fingerprint density at radius 2 is 1.50 bits per heavy atom. The van der Waals surface area contributed by atoms with E-state index < -0.39 is 0 Å². The Hall–Kier alpha value is -2.04. The number of hydrogen-bond acceptors (Lipinski definition) is 4. The maximum atomic E-state index is 12.5. The van der Waals surface area contributed by atoms with E-state index in [2.05, 4.69) is 10.5 Å². The predicted molar refractivity (Wildman–Crippen MR) is 91.5 cm³/mol. The molecule has 0 heterocycles. The number of ether oxygens (including phenoxy) is 2. The summed E-state index contributed by atoms with van der Waals surface area (Å²) in [5.74, 6) is 3.94. The van der Waals surface area contributed by atoms with Gasteiger partial charge in [0.05, 0.1) is 14.2 Å². The summed E-state index contributed by atoms with van der Waals surface area (Å²) in [6.45, 7) is 0. The van der Waals surface area contributed by atoms with E-state index in [4.69, 9.17) is 9.47 Å². The first-order valence-corrected chi connectivity index (χ1v) is 8.77. The highest BCUT2D eigenvalue weighted by atomic mass is 16.5. The van der Waals surface area contributed by atoms with E-state index in [0.29, 0.717) is 28.9 Å². The smallest absolute Gasteiger partial charge is 0.271 e. The van der Waals surface area contributed by atoms with Crippen LogP contribution in [0.3, 0.4) is 0 Å². The van der Waals surface area contributed by atoms with Gasteiger partial charge in [0, 0.05) is 17.3 Å². The third-order valence-corrected chi connectivity index (χ3v) is 5.87. The molecular formula is C19H24N2O3. The Morgan fingerprint density at radius 3 is 2.00 bits per heavy atom. The van der Waals surface area contributed by atoms with Crippen molar-refractivity contribution in [2.75, 3.05) is 14.2 Å². The fourth-order valence-electron chi connectivity index (χ4n) is 4.97. The molecule has 4 bridgehead atoms. The highest BCUT2D eigenvalue weighted by Crippen LogP contribution is 2.52. The van der Waals surface area contributed by atoms with Crippen molar-refractivity contribution >= 4 is 11.6 Å². The zero-order valence-corrected chi connectivity index (χ0v) is 14.2. The first-order valence-electron chi connectivity index (χ1n) is 8.77. The fraction of sp³-hybridized carbons (Fsp3) is 0.579. The number of amides is 1. The Kier molecular flexibility index (Phi) is 3.94. The van der Waals surface area contributed by atoms with Crippen LogP contribution in [0.5, 0.6) is 11.5 Å². The lowest BCUT2D eigenvalue weighted by molar-refractivity contribution is 0.0942. The maximum Gasteiger partial charge on any atom is 0.271 e. The van der Waals surface area contributed by atoms with E-state index in [1.54, 1.807) is 32.4 Å².